The van der Waals surface area contributed by atoms with E-state index in [-0.39, 0.29) is 0 Å². The van der Waals surface area contributed by atoms with Gasteiger partial charge in [0, 0.05) is 18.7 Å². The molecule has 0 amide bonds. The largest absolute Gasteiger partial charge is 0.377 e. The van der Waals surface area contributed by atoms with Gasteiger partial charge in [0.15, 0.2) is 0 Å². The van der Waals surface area contributed by atoms with E-state index >= 15 is 0 Å². The summed E-state index contributed by atoms with van der Waals surface area (Å²) in [7, 11) is 0. The summed E-state index contributed by atoms with van der Waals surface area (Å²) in [5, 5.41) is 7.17. The molecule has 0 fully saturated rings. The molecule has 0 aliphatic heterocycles. The Morgan fingerprint density at radius 2 is 1.74 bits per heavy atom. The quantitative estimate of drug-likeness (QED) is 0.717. The van der Waals surface area contributed by atoms with Crippen molar-refractivity contribution in [2.45, 2.75) is 20.1 Å². The molecule has 23 heavy (non-hydrogen) atoms. The number of aromatic nitrogens is 2. The molecule has 0 aliphatic carbocycles. The standard InChI is InChI=1S/C18H19N3O2/c1-2-22-13-16-11-7-6-10-15(16)12-19-18-20-17(23-21-18)14-8-4-3-5-9-14/h3-11H,2,12-13H2,1H3,(H,19,21). The number of rotatable bonds is 7. The molecule has 0 saturated carbocycles. The predicted octanol–water partition coefficient (Wildman–Crippen LogP) is 3.89. The van der Waals surface area contributed by atoms with Gasteiger partial charge in [-0.3, -0.25) is 0 Å². The van der Waals surface area contributed by atoms with Crippen LogP contribution in [0.4, 0.5) is 5.95 Å². The number of hydrogen-bond donors (Lipinski definition) is 1. The lowest BCUT2D eigenvalue weighted by atomic mass is 10.1. The maximum Gasteiger partial charge on any atom is 0.264 e. The van der Waals surface area contributed by atoms with E-state index in [0.29, 0.717) is 31.6 Å². The van der Waals surface area contributed by atoms with Crippen molar-refractivity contribution in [2.24, 2.45) is 0 Å². The van der Waals surface area contributed by atoms with Gasteiger partial charge in [0.2, 0.25) is 0 Å². The van der Waals surface area contributed by atoms with Gasteiger partial charge in [-0.1, -0.05) is 42.5 Å². The number of anilines is 1. The molecule has 1 N–H and O–H groups in total. The van der Waals surface area contributed by atoms with Gasteiger partial charge >= 0.3 is 0 Å². The molecule has 0 unspecified atom stereocenters. The van der Waals surface area contributed by atoms with Crippen molar-refractivity contribution < 1.29 is 9.26 Å². The molecule has 0 atom stereocenters. The molecule has 3 rings (SSSR count). The minimum Gasteiger partial charge on any atom is -0.377 e. The summed E-state index contributed by atoms with van der Waals surface area (Å²) in [5.74, 6) is 0.991. The molecule has 2 aromatic carbocycles. The summed E-state index contributed by atoms with van der Waals surface area (Å²) < 4.78 is 10.8. The van der Waals surface area contributed by atoms with Gasteiger partial charge in [0.1, 0.15) is 0 Å². The van der Waals surface area contributed by atoms with Crippen LogP contribution < -0.4 is 5.32 Å². The van der Waals surface area contributed by atoms with E-state index < -0.39 is 0 Å². The minimum atomic E-state index is 0.482. The highest BCUT2D eigenvalue weighted by Crippen LogP contribution is 2.18. The summed E-state index contributed by atoms with van der Waals surface area (Å²) in [4.78, 5) is 4.37. The molecular weight excluding hydrogens is 290 g/mol. The maximum absolute atomic E-state index is 5.50. The first-order chi connectivity index (χ1) is 11.4. The van der Waals surface area contributed by atoms with Crippen LogP contribution in [0.15, 0.2) is 59.1 Å². The number of ether oxygens (including phenoxy) is 1. The third-order valence-corrected chi connectivity index (χ3v) is 3.46. The Labute approximate surface area is 135 Å². The highest BCUT2D eigenvalue weighted by molar-refractivity contribution is 5.53. The Balaban J connectivity index is 1.66. The maximum atomic E-state index is 5.50. The molecule has 3 aromatic rings. The van der Waals surface area contributed by atoms with Crippen LogP contribution in [0.25, 0.3) is 11.5 Å². The van der Waals surface area contributed by atoms with Crippen molar-refractivity contribution in [1.29, 1.82) is 0 Å². The van der Waals surface area contributed by atoms with Crippen LogP contribution in [-0.2, 0) is 17.9 Å². The molecule has 0 saturated heterocycles. The lowest BCUT2D eigenvalue weighted by molar-refractivity contribution is 0.133. The average Bonchev–Trinajstić information content (AvgIpc) is 3.08. The second kappa shape index (κ2) is 7.56. The van der Waals surface area contributed by atoms with Crippen LogP contribution in [0.2, 0.25) is 0 Å². The van der Waals surface area contributed by atoms with Gasteiger partial charge in [0.05, 0.1) is 6.61 Å². The number of benzene rings is 2. The van der Waals surface area contributed by atoms with Crippen molar-refractivity contribution in [2.75, 3.05) is 11.9 Å². The van der Waals surface area contributed by atoms with E-state index in [4.69, 9.17) is 9.26 Å². The van der Waals surface area contributed by atoms with Crippen LogP contribution in [0.5, 0.6) is 0 Å². The fourth-order valence-corrected chi connectivity index (χ4v) is 2.25. The fraction of sp³-hybridized carbons (Fsp3) is 0.222. The zero-order valence-electron chi connectivity index (χ0n) is 13.0. The number of hydrogen-bond acceptors (Lipinski definition) is 5. The fourth-order valence-electron chi connectivity index (χ4n) is 2.25. The van der Waals surface area contributed by atoms with Crippen molar-refractivity contribution >= 4 is 5.95 Å². The summed E-state index contributed by atoms with van der Waals surface area (Å²) in [6.07, 6.45) is 0. The Kier molecular flexibility index (Phi) is 5.01. The highest BCUT2D eigenvalue weighted by Gasteiger charge is 2.08. The second-order valence-electron chi connectivity index (χ2n) is 5.05. The average molecular weight is 309 g/mol. The van der Waals surface area contributed by atoms with Gasteiger partial charge in [0.25, 0.3) is 11.8 Å². The van der Waals surface area contributed by atoms with Gasteiger partial charge in [-0.2, -0.15) is 4.98 Å². The highest BCUT2D eigenvalue weighted by atomic mass is 16.5. The summed E-state index contributed by atoms with van der Waals surface area (Å²) >= 11 is 0. The second-order valence-corrected chi connectivity index (χ2v) is 5.05. The van der Waals surface area contributed by atoms with Crippen molar-refractivity contribution in [3.05, 3.63) is 65.7 Å². The molecule has 0 aliphatic rings. The molecule has 0 spiro atoms. The van der Waals surface area contributed by atoms with E-state index in [1.807, 2.05) is 49.4 Å². The van der Waals surface area contributed by atoms with Crippen molar-refractivity contribution in [3.8, 4) is 11.5 Å². The van der Waals surface area contributed by atoms with Crippen molar-refractivity contribution in [1.82, 2.24) is 10.1 Å². The predicted molar refractivity (Wildman–Crippen MR) is 88.8 cm³/mol. The molecular formula is C18H19N3O2. The first-order valence-corrected chi connectivity index (χ1v) is 7.64. The summed E-state index contributed by atoms with van der Waals surface area (Å²) in [5.41, 5.74) is 3.23. The van der Waals surface area contributed by atoms with Crippen LogP contribution >= 0.6 is 0 Å². The lowest BCUT2D eigenvalue weighted by Crippen LogP contribution is -2.05. The van der Waals surface area contributed by atoms with E-state index in [0.717, 1.165) is 16.7 Å². The number of nitrogens with zero attached hydrogens (tertiary/aromatic N) is 2. The third kappa shape index (κ3) is 3.96. The van der Waals surface area contributed by atoms with Crippen LogP contribution in [-0.4, -0.2) is 16.7 Å². The topological polar surface area (TPSA) is 60.2 Å². The summed E-state index contributed by atoms with van der Waals surface area (Å²) in [6.45, 7) is 3.92. The first kappa shape index (κ1) is 15.2. The molecule has 0 bridgehead atoms. The first-order valence-electron chi connectivity index (χ1n) is 7.64. The smallest absolute Gasteiger partial charge is 0.264 e. The number of nitrogens with one attached hydrogen (secondary N) is 1. The SMILES string of the molecule is CCOCc1ccccc1CNc1noc(-c2ccccc2)n1. The molecule has 1 heterocycles. The Hall–Kier alpha value is -2.66. The van der Waals surface area contributed by atoms with Gasteiger partial charge in [-0.15, -0.1) is 0 Å². The Morgan fingerprint density at radius 3 is 2.52 bits per heavy atom. The third-order valence-electron chi connectivity index (χ3n) is 3.46. The van der Waals surface area contributed by atoms with Gasteiger partial charge in [-0.25, -0.2) is 0 Å². The van der Waals surface area contributed by atoms with Crippen molar-refractivity contribution in [3.63, 3.8) is 0 Å². The lowest BCUT2D eigenvalue weighted by Gasteiger charge is -2.09. The van der Waals surface area contributed by atoms with E-state index in [1.165, 1.54) is 0 Å². The Morgan fingerprint density at radius 1 is 1.00 bits per heavy atom. The van der Waals surface area contributed by atoms with E-state index in [9.17, 15) is 0 Å². The van der Waals surface area contributed by atoms with Crippen LogP contribution in [0.3, 0.4) is 0 Å². The minimum absolute atomic E-state index is 0.482. The molecule has 118 valence electrons. The monoisotopic (exact) mass is 309 g/mol. The summed E-state index contributed by atoms with van der Waals surface area (Å²) in [6, 6.07) is 17.9. The van der Waals surface area contributed by atoms with Gasteiger partial charge < -0.3 is 14.6 Å². The molecule has 1 aromatic heterocycles. The molecule has 5 nitrogen and oxygen atoms in total. The van der Waals surface area contributed by atoms with Crippen LogP contribution in [0.1, 0.15) is 18.1 Å². The van der Waals surface area contributed by atoms with Crippen LogP contribution in [0, 0.1) is 0 Å². The Bertz CT molecular complexity index is 741. The van der Waals surface area contributed by atoms with Gasteiger partial charge in [-0.05, 0) is 35.3 Å². The molecule has 0 radical (unpaired) electrons. The zero-order chi connectivity index (χ0) is 15.9. The normalized spacial score (nSPS) is 10.7. The molecule has 5 heteroatoms. The van der Waals surface area contributed by atoms with E-state index in [1.54, 1.807) is 0 Å². The van der Waals surface area contributed by atoms with E-state index in [2.05, 4.69) is 27.6 Å². The zero-order valence-corrected chi connectivity index (χ0v) is 13.0.